The second-order valence-corrected chi connectivity index (χ2v) is 44.6. The molecule has 111 heavy (non-hydrogen) atoms. The maximum absolute atomic E-state index is 12.8. The SMILES string of the molecule is CCC(C)(C)C(=O)OC1(C(C)C)C2CC3CC(C2)CC1C3.CCC(C)(C)C(=O)OC1(C(C)C)CCCCC1.CCC(C)(C)C(=O)OC1(C)C2CC3CC(C2)CC1C3.CCC(C)(C)C(=O)OC1(CC)C2CC3CC(C2)CC1C3.CCC(C)C(=O)OC1(C)C2CC3CC(C2)CC1C3.CCC1(OC(=O)C(C)(C)CC)CCCCC1. The van der Waals surface area contributed by atoms with E-state index in [1.807, 2.05) is 90.0 Å². The Balaban J connectivity index is 0.000000153. The number of esters is 6. The van der Waals surface area contributed by atoms with Gasteiger partial charge in [0.1, 0.15) is 33.6 Å². The van der Waals surface area contributed by atoms with Crippen molar-refractivity contribution in [3.05, 3.63) is 0 Å². The van der Waals surface area contributed by atoms with Crippen molar-refractivity contribution in [3.63, 3.8) is 0 Å². The molecule has 12 heteroatoms. The molecule has 18 saturated carbocycles. The van der Waals surface area contributed by atoms with Gasteiger partial charge in [-0.15, -0.1) is 0 Å². The normalized spacial score (nSPS) is 36.9. The summed E-state index contributed by atoms with van der Waals surface area (Å²) in [5, 5.41) is 0. The number of carbonyl (C=O) groups excluding carboxylic acids is 6. The number of ether oxygens (including phenoxy) is 6. The first kappa shape index (κ1) is 91.7. The van der Waals surface area contributed by atoms with Gasteiger partial charge in [-0.25, -0.2) is 0 Å². The van der Waals surface area contributed by atoms with Gasteiger partial charge >= 0.3 is 35.8 Å². The number of rotatable bonds is 22. The fraction of sp³-hybridized carbons (Fsp3) is 0.939. The van der Waals surface area contributed by atoms with Crippen LogP contribution in [0.25, 0.3) is 0 Å². The maximum Gasteiger partial charge on any atom is 0.312 e. The Morgan fingerprint density at radius 3 is 0.883 bits per heavy atom. The molecule has 0 aromatic rings. The predicted octanol–water partition coefficient (Wildman–Crippen LogP) is 25.8. The lowest BCUT2D eigenvalue weighted by molar-refractivity contribution is -0.231. The molecular weight excluding hydrogens is 1380 g/mol. The van der Waals surface area contributed by atoms with E-state index in [-0.39, 0.29) is 102 Å². The van der Waals surface area contributed by atoms with Crippen LogP contribution >= 0.6 is 0 Å². The molecule has 0 aromatic carbocycles. The first-order valence-corrected chi connectivity index (χ1v) is 47.3. The Kier molecular flexibility index (Phi) is 29.9. The summed E-state index contributed by atoms with van der Waals surface area (Å²) < 4.78 is 36.6. The van der Waals surface area contributed by atoms with Gasteiger partial charge in [0.25, 0.3) is 0 Å². The summed E-state index contributed by atoms with van der Waals surface area (Å²) in [6, 6.07) is 0. The Morgan fingerprint density at radius 1 is 0.306 bits per heavy atom. The highest BCUT2D eigenvalue weighted by Crippen LogP contribution is 2.65. The van der Waals surface area contributed by atoms with E-state index in [0.717, 1.165) is 124 Å². The monoisotopic (exact) mass is 1550 g/mol. The van der Waals surface area contributed by atoms with Crippen LogP contribution in [0.5, 0.6) is 0 Å². The largest absolute Gasteiger partial charge is 0.459 e. The highest BCUT2D eigenvalue weighted by Gasteiger charge is 2.64. The Labute approximate surface area is 679 Å². The van der Waals surface area contributed by atoms with Gasteiger partial charge in [0.15, 0.2) is 0 Å². The first-order valence-electron chi connectivity index (χ1n) is 47.3. The lowest BCUT2D eigenvalue weighted by atomic mass is 9.47. The predicted molar refractivity (Wildman–Crippen MR) is 449 cm³/mol. The van der Waals surface area contributed by atoms with Crippen LogP contribution in [-0.4, -0.2) is 69.4 Å². The summed E-state index contributed by atoms with van der Waals surface area (Å²) in [5.74, 6) is 13.4. The zero-order chi connectivity index (χ0) is 82.0. The quantitative estimate of drug-likeness (QED) is 0.0747. The molecule has 0 N–H and O–H groups in total. The summed E-state index contributed by atoms with van der Waals surface area (Å²) >= 11 is 0. The second kappa shape index (κ2) is 36.2. The molecule has 18 aliphatic rings. The molecule has 18 fully saturated rings. The van der Waals surface area contributed by atoms with Gasteiger partial charge in [-0.2, -0.15) is 0 Å². The van der Waals surface area contributed by atoms with Gasteiger partial charge in [0, 0.05) is 0 Å². The minimum atomic E-state index is -0.351. The summed E-state index contributed by atoms with van der Waals surface area (Å²) in [6.45, 7) is 52.1. The molecule has 12 nitrogen and oxygen atoms in total. The van der Waals surface area contributed by atoms with E-state index >= 15 is 0 Å². The van der Waals surface area contributed by atoms with Crippen LogP contribution in [0, 0.1) is 140 Å². The van der Waals surface area contributed by atoms with Gasteiger partial charge in [-0.3, -0.25) is 28.8 Å². The Hall–Kier alpha value is -3.18. The summed E-state index contributed by atoms with van der Waals surface area (Å²) in [7, 11) is 0. The van der Waals surface area contributed by atoms with Crippen molar-refractivity contribution in [2.75, 3.05) is 0 Å². The molecule has 1 atom stereocenters. The molecule has 0 aromatic heterocycles. The average molecular weight is 1550 g/mol. The standard InChI is InChI=1S/C19H32O2.C18H30O2.C17H28O2.C16H26O2.C15H28O2.C14H26O2/c1-6-18(4,5)17(20)21-19(12(2)3)15-8-13-7-14(10-15)11-16(19)9-13;1-5-17(3,4)16(19)20-18(6-2)14-8-12-7-13(10-14)11-15(18)9-12;1-5-16(2,3)15(18)19-17(4)13-7-11-6-12(9-13)10-14(17)8-11;1-4-10(2)15(17)18-16(3)13-6-11-5-12(8-13)9-14(16)7-11;1-6-14(4,5)13(16)17-15(12(2)3)10-8-7-9-11-15;1-5-13(3,4)12(15)16-14(6-2)10-8-7-9-11-14/h12-16H,6-11H2,1-5H3;12-15H,5-11H2,1-4H3;11-14H,5-10H2,1-4H3;10-14H,4-9H2,1-3H3;12H,6-11H2,1-5H3;5-11H2,1-4H3. The fourth-order valence-electron chi connectivity index (χ4n) is 25.0. The van der Waals surface area contributed by atoms with Gasteiger partial charge in [-0.05, 0) is 421 Å². The van der Waals surface area contributed by atoms with Crippen molar-refractivity contribution >= 4 is 35.8 Å². The van der Waals surface area contributed by atoms with Gasteiger partial charge in [0.05, 0.1) is 33.0 Å². The molecular formula is C99H170O12. The second-order valence-electron chi connectivity index (χ2n) is 44.6. The lowest BCUT2D eigenvalue weighted by Gasteiger charge is -2.62. The first-order chi connectivity index (χ1) is 51.9. The van der Waals surface area contributed by atoms with Crippen LogP contribution in [0.2, 0.25) is 0 Å². The van der Waals surface area contributed by atoms with Crippen molar-refractivity contribution in [2.45, 2.75) is 451 Å². The van der Waals surface area contributed by atoms with Gasteiger partial charge < -0.3 is 28.4 Å². The molecule has 18 aliphatic carbocycles. The zero-order valence-electron chi connectivity index (χ0n) is 76.2. The van der Waals surface area contributed by atoms with E-state index in [1.54, 1.807) is 0 Å². The van der Waals surface area contributed by atoms with Crippen LogP contribution in [0.15, 0.2) is 0 Å². The average Bonchev–Trinajstić information content (AvgIpc) is 0.724. The Bertz CT molecular complexity index is 2970. The third kappa shape index (κ3) is 19.7. The van der Waals surface area contributed by atoms with Crippen LogP contribution in [0.3, 0.4) is 0 Å². The summed E-state index contributed by atoms with van der Waals surface area (Å²) in [5.41, 5.74) is -2.66. The van der Waals surface area contributed by atoms with Crippen molar-refractivity contribution in [3.8, 4) is 0 Å². The van der Waals surface area contributed by atoms with Crippen LogP contribution in [-0.2, 0) is 57.2 Å². The molecule has 638 valence electrons. The number of carbonyl (C=O) groups is 6. The van der Waals surface area contributed by atoms with Crippen LogP contribution < -0.4 is 0 Å². The highest BCUT2D eigenvalue weighted by molar-refractivity contribution is 5.78. The van der Waals surface area contributed by atoms with E-state index in [4.69, 9.17) is 28.4 Å². The molecule has 16 bridgehead atoms. The zero-order valence-corrected chi connectivity index (χ0v) is 76.2. The van der Waals surface area contributed by atoms with Crippen molar-refractivity contribution in [2.24, 2.45) is 140 Å². The number of hydrogen-bond acceptors (Lipinski definition) is 12. The minimum Gasteiger partial charge on any atom is -0.459 e. The van der Waals surface area contributed by atoms with E-state index in [2.05, 4.69) is 83.1 Å². The highest BCUT2D eigenvalue weighted by atomic mass is 16.6. The van der Waals surface area contributed by atoms with E-state index in [9.17, 15) is 28.8 Å². The van der Waals surface area contributed by atoms with Crippen molar-refractivity contribution in [1.82, 2.24) is 0 Å². The molecule has 0 aliphatic heterocycles. The number of hydrogen-bond donors (Lipinski definition) is 0. The molecule has 0 amide bonds. The molecule has 18 rings (SSSR count). The molecule has 0 radical (unpaired) electrons. The van der Waals surface area contributed by atoms with Gasteiger partial charge in [-0.1, -0.05) is 103 Å². The molecule has 1 unspecified atom stereocenters. The van der Waals surface area contributed by atoms with Crippen molar-refractivity contribution < 1.29 is 57.2 Å². The van der Waals surface area contributed by atoms with Crippen LogP contribution in [0.1, 0.15) is 417 Å². The van der Waals surface area contributed by atoms with Gasteiger partial charge in [0.2, 0.25) is 0 Å². The topological polar surface area (TPSA) is 158 Å². The summed E-state index contributed by atoms with van der Waals surface area (Å²) in [4.78, 5) is 74.4. The third-order valence-corrected chi connectivity index (χ3v) is 35.1. The van der Waals surface area contributed by atoms with Crippen LogP contribution in [0.4, 0.5) is 0 Å². The Morgan fingerprint density at radius 2 is 0.586 bits per heavy atom. The minimum absolute atomic E-state index is 0.0150. The maximum atomic E-state index is 12.8. The van der Waals surface area contributed by atoms with E-state index < -0.39 is 0 Å². The molecule has 0 spiro atoms. The summed E-state index contributed by atoms with van der Waals surface area (Å²) in [6.07, 6.45) is 45.2. The smallest absolute Gasteiger partial charge is 0.312 e. The van der Waals surface area contributed by atoms with E-state index in [0.29, 0.717) is 59.2 Å². The molecule has 0 saturated heterocycles. The lowest BCUT2D eigenvalue weighted by Crippen LogP contribution is -2.63. The van der Waals surface area contributed by atoms with Crippen molar-refractivity contribution in [1.29, 1.82) is 0 Å². The van der Waals surface area contributed by atoms with E-state index in [1.165, 1.54) is 167 Å². The third-order valence-electron chi connectivity index (χ3n) is 35.1. The molecule has 0 heterocycles. The fourth-order valence-corrected chi connectivity index (χ4v) is 25.0.